The number of rotatable bonds is 6. The van der Waals surface area contributed by atoms with Gasteiger partial charge in [0.2, 0.25) is 5.91 Å². The average Bonchev–Trinajstić information content (AvgIpc) is 3.00. The van der Waals surface area contributed by atoms with Crippen LogP contribution in [0.3, 0.4) is 0 Å². The first-order chi connectivity index (χ1) is 8.16. The fourth-order valence-electron chi connectivity index (χ4n) is 1.70. The monoisotopic (exact) mass is 237 g/mol. The van der Waals surface area contributed by atoms with Gasteiger partial charge in [0.1, 0.15) is 12.4 Å². The summed E-state index contributed by atoms with van der Waals surface area (Å²) in [5.74, 6) is 0.882. The number of carbonyl (C=O) groups excluding carboxylic acids is 1. The normalized spacial score (nSPS) is 15.2. The van der Waals surface area contributed by atoms with Gasteiger partial charge in [-0.05, 0) is 38.8 Å². The topological polar surface area (TPSA) is 42.7 Å². The maximum Gasteiger partial charge on any atom is 0.249 e. The Labute approximate surface area is 102 Å². The van der Waals surface area contributed by atoms with E-state index < -0.39 is 0 Å². The lowest BCUT2D eigenvalue weighted by Crippen LogP contribution is -2.35. The van der Waals surface area contributed by atoms with E-state index in [0.717, 1.165) is 18.6 Å². The molecule has 0 aliphatic heterocycles. The van der Waals surface area contributed by atoms with Crippen LogP contribution in [0.1, 0.15) is 32.4 Å². The zero-order chi connectivity index (χ0) is 12.3. The summed E-state index contributed by atoms with van der Waals surface area (Å²) in [6.45, 7) is 4.58. The number of carbonyl (C=O) groups is 1. The molecule has 0 saturated heterocycles. The molecule has 1 amide bonds. The van der Waals surface area contributed by atoms with Crippen molar-refractivity contribution in [3.05, 3.63) is 24.2 Å². The van der Waals surface area contributed by atoms with E-state index in [1.54, 1.807) is 6.26 Å². The highest BCUT2D eigenvalue weighted by Gasteiger charge is 2.33. The Morgan fingerprint density at radius 1 is 1.59 bits per heavy atom. The number of hydrogen-bond donors (Lipinski definition) is 0. The summed E-state index contributed by atoms with van der Waals surface area (Å²) >= 11 is 0. The summed E-state index contributed by atoms with van der Waals surface area (Å²) in [7, 11) is 0. The fourth-order valence-corrected chi connectivity index (χ4v) is 1.70. The molecule has 1 aromatic heterocycles. The van der Waals surface area contributed by atoms with Crippen molar-refractivity contribution in [2.75, 3.05) is 6.61 Å². The van der Waals surface area contributed by atoms with Crippen LogP contribution in [0.25, 0.3) is 0 Å². The molecule has 1 fully saturated rings. The van der Waals surface area contributed by atoms with E-state index in [0.29, 0.717) is 12.6 Å². The third kappa shape index (κ3) is 3.60. The van der Waals surface area contributed by atoms with E-state index in [9.17, 15) is 4.79 Å². The highest BCUT2D eigenvalue weighted by molar-refractivity contribution is 5.78. The molecule has 1 heterocycles. The van der Waals surface area contributed by atoms with Crippen LogP contribution < -0.4 is 0 Å². The minimum Gasteiger partial charge on any atom is -0.467 e. The van der Waals surface area contributed by atoms with Gasteiger partial charge in [0.05, 0.1) is 18.9 Å². The molecule has 94 valence electrons. The molecular formula is C13H19NO3. The Bertz CT molecular complexity index is 355. The molecule has 0 unspecified atom stereocenters. The maximum atomic E-state index is 12.0. The predicted octanol–water partition coefficient (Wildman–Crippen LogP) is 2.20. The number of furan rings is 1. The number of nitrogens with zero attached hydrogens (tertiary/aromatic N) is 1. The summed E-state index contributed by atoms with van der Waals surface area (Å²) in [6, 6.07) is 4.12. The van der Waals surface area contributed by atoms with Crippen LogP contribution in [-0.2, 0) is 16.1 Å². The van der Waals surface area contributed by atoms with Gasteiger partial charge in [-0.1, -0.05) is 0 Å². The first kappa shape index (κ1) is 12.2. The summed E-state index contributed by atoms with van der Waals surface area (Å²) in [5, 5.41) is 0. The summed E-state index contributed by atoms with van der Waals surface area (Å²) < 4.78 is 10.6. The van der Waals surface area contributed by atoms with Gasteiger partial charge in [-0.25, -0.2) is 0 Å². The minimum absolute atomic E-state index is 0.0533. The van der Waals surface area contributed by atoms with Gasteiger partial charge in [-0.15, -0.1) is 0 Å². The molecule has 4 heteroatoms. The Hall–Kier alpha value is -1.29. The zero-order valence-electron chi connectivity index (χ0n) is 10.4. The average molecular weight is 237 g/mol. The van der Waals surface area contributed by atoms with Crippen LogP contribution in [-0.4, -0.2) is 29.6 Å². The molecule has 2 rings (SSSR count). The Balaban J connectivity index is 1.90. The molecule has 0 spiro atoms. The van der Waals surface area contributed by atoms with Crippen molar-refractivity contribution in [1.29, 1.82) is 0 Å². The smallest absolute Gasteiger partial charge is 0.249 e. The van der Waals surface area contributed by atoms with Gasteiger partial charge in [0.15, 0.2) is 0 Å². The Morgan fingerprint density at radius 2 is 2.35 bits per heavy atom. The standard InChI is InChI=1S/C13H19NO3/c1-10(2)17-9-13(15)14(11-5-6-11)8-12-4-3-7-16-12/h3-4,7,10-11H,5-6,8-9H2,1-2H3. The molecule has 0 N–H and O–H groups in total. The molecule has 1 saturated carbocycles. The van der Waals surface area contributed by atoms with Gasteiger partial charge in [-0.2, -0.15) is 0 Å². The number of amides is 1. The van der Waals surface area contributed by atoms with E-state index in [1.807, 2.05) is 30.9 Å². The Morgan fingerprint density at radius 3 is 2.88 bits per heavy atom. The van der Waals surface area contributed by atoms with Crippen LogP contribution >= 0.6 is 0 Å². The van der Waals surface area contributed by atoms with Gasteiger partial charge >= 0.3 is 0 Å². The first-order valence-corrected chi connectivity index (χ1v) is 6.10. The third-order valence-corrected chi connectivity index (χ3v) is 2.75. The second-order valence-corrected chi connectivity index (χ2v) is 4.69. The fraction of sp³-hybridized carbons (Fsp3) is 0.615. The van der Waals surface area contributed by atoms with Gasteiger partial charge in [0.25, 0.3) is 0 Å². The summed E-state index contributed by atoms with van der Waals surface area (Å²) in [5.41, 5.74) is 0. The van der Waals surface area contributed by atoms with Crippen LogP contribution in [0.15, 0.2) is 22.8 Å². The largest absolute Gasteiger partial charge is 0.467 e. The van der Waals surface area contributed by atoms with E-state index >= 15 is 0 Å². The lowest BCUT2D eigenvalue weighted by Gasteiger charge is -2.21. The molecular weight excluding hydrogens is 218 g/mol. The van der Waals surface area contributed by atoms with Gasteiger partial charge in [-0.3, -0.25) is 4.79 Å². The lowest BCUT2D eigenvalue weighted by molar-refractivity contribution is -0.139. The van der Waals surface area contributed by atoms with E-state index in [4.69, 9.17) is 9.15 Å². The minimum atomic E-state index is 0.0533. The lowest BCUT2D eigenvalue weighted by atomic mass is 10.3. The maximum absolute atomic E-state index is 12.0. The van der Waals surface area contributed by atoms with Crippen molar-refractivity contribution in [1.82, 2.24) is 4.90 Å². The van der Waals surface area contributed by atoms with Crippen molar-refractivity contribution < 1.29 is 13.9 Å². The van der Waals surface area contributed by atoms with Gasteiger partial charge in [0, 0.05) is 6.04 Å². The van der Waals surface area contributed by atoms with Crippen molar-refractivity contribution in [3.8, 4) is 0 Å². The van der Waals surface area contributed by atoms with Crippen LogP contribution in [0, 0.1) is 0 Å². The molecule has 4 nitrogen and oxygen atoms in total. The van der Waals surface area contributed by atoms with E-state index in [-0.39, 0.29) is 18.6 Å². The molecule has 0 radical (unpaired) electrons. The first-order valence-electron chi connectivity index (χ1n) is 6.10. The molecule has 0 bridgehead atoms. The molecule has 1 aliphatic carbocycles. The van der Waals surface area contributed by atoms with E-state index in [2.05, 4.69) is 0 Å². The number of hydrogen-bond acceptors (Lipinski definition) is 3. The molecule has 0 aromatic carbocycles. The highest BCUT2D eigenvalue weighted by atomic mass is 16.5. The van der Waals surface area contributed by atoms with Gasteiger partial charge < -0.3 is 14.1 Å². The second kappa shape index (κ2) is 5.36. The predicted molar refractivity (Wildman–Crippen MR) is 63.4 cm³/mol. The summed E-state index contributed by atoms with van der Waals surface area (Å²) in [6.07, 6.45) is 3.90. The zero-order valence-corrected chi connectivity index (χ0v) is 10.4. The molecule has 17 heavy (non-hydrogen) atoms. The van der Waals surface area contributed by atoms with Crippen molar-refractivity contribution in [2.45, 2.75) is 45.4 Å². The van der Waals surface area contributed by atoms with E-state index in [1.165, 1.54) is 0 Å². The van der Waals surface area contributed by atoms with Crippen LogP contribution in [0.4, 0.5) is 0 Å². The third-order valence-electron chi connectivity index (χ3n) is 2.75. The summed E-state index contributed by atoms with van der Waals surface area (Å²) in [4.78, 5) is 13.9. The van der Waals surface area contributed by atoms with Crippen molar-refractivity contribution in [3.63, 3.8) is 0 Å². The van der Waals surface area contributed by atoms with Crippen LogP contribution in [0.5, 0.6) is 0 Å². The number of ether oxygens (including phenoxy) is 1. The van der Waals surface area contributed by atoms with Crippen molar-refractivity contribution in [2.24, 2.45) is 0 Å². The molecule has 1 aliphatic rings. The van der Waals surface area contributed by atoms with Crippen LogP contribution in [0.2, 0.25) is 0 Å². The quantitative estimate of drug-likeness (QED) is 0.761. The second-order valence-electron chi connectivity index (χ2n) is 4.69. The molecule has 1 aromatic rings. The highest BCUT2D eigenvalue weighted by Crippen LogP contribution is 2.28. The van der Waals surface area contributed by atoms with Crippen molar-refractivity contribution >= 4 is 5.91 Å². The Kier molecular flexibility index (Phi) is 3.84. The molecule has 0 atom stereocenters. The SMILES string of the molecule is CC(C)OCC(=O)N(Cc1ccco1)C1CC1.